The lowest BCUT2D eigenvalue weighted by Crippen LogP contribution is -2.33. The van der Waals surface area contributed by atoms with Crippen LogP contribution in [0.1, 0.15) is 29.8 Å². The first-order chi connectivity index (χ1) is 11.1. The molecular weight excluding hydrogens is 288 g/mol. The summed E-state index contributed by atoms with van der Waals surface area (Å²) in [6, 6.07) is 11.6. The van der Waals surface area contributed by atoms with E-state index in [1.165, 1.54) is 0 Å². The standard InChI is InChI=1S/C19H20N2O2/c1-14(2)11-21(12-15-7-8-23-13-15)19(22)17-9-16-5-3-4-6-18(16)20-10-17/h3-10,13-14H,11-12H2,1-2H3. The molecule has 0 N–H and O–H groups in total. The Kier molecular flexibility index (Phi) is 4.42. The van der Waals surface area contributed by atoms with Crippen LogP contribution in [0.5, 0.6) is 0 Å². The Bertz CT molecular complexity index is 794. The van der Waals surface area contributed by atoms with Gasteiger partial charge in [0.15, 0.2) is 0 Å². The average molecular weight is 308 g/mol. The Labute approximate surface area is 135 Å². The molecular formula is C19H20N2O2. The molecule has 2 aromatic heterocycles. The molecule has 0 fully saturated rings. The van der Waals surface area contributed by atoms with E-state index in [-0.39, 0.29) is 5.91 Å². The molecule has 1 aromatic carbocycles. The highest BCUT2D eigenvalue weighted by molar-refractivity contribution is 5.97. The summed E-state index contributed by atoms with van der Waals surface area (Å²) in [7, 11) is 0. The number of para-hydroxylation sites is 1. The largest absolute Gasteiger partial charge is 0.472 e. The lowest BCUT2D eigenvalue weighted by atomic mass is 10.1. The van der Waals surface area contributed by atoms with Gasteiger partial charge in [0.2, 0.25) is 0 Å². The van der Waals surface area contributed by atoms with Crippen LogP contribution in [0.25, 0.3) is 10.9 Å². The first-order valence-electron chi connectivity index (χ1n) is 7.78. The summed E-state index contributed by atoms with van der Waals surface area (Å²) in [4.78, 5) is 19.1. The maximum Gasteiger partial charge on any atom is 0.255 e. The van der Waals surface area contributed by atoms with E-state index < -0.39 is 0 Å². The molecule has 0 radical (unpaired) electrons. The molecule has 23 heavy (non-hydrogen) atoms. The smallest absolute Gasteiger partial charge is 0.255 e. The van der Waals surface area contributed by atoms with Crippen molar-refractivity contribution in [2.45, 2.75) is 20.4 Å². The predicted octanol–water partition coefficient (Wildman–Crippen LogP) is 4.13. The van der Waals surface area contributed by atoms with Crippen molar-refractivity contribution in [2.24, 2.45) is 5.92 Å². The van der Waals surface area contributed by atoms with E-state index in [0.29, 0.717) is 24.6 Å². The minimum atomic E-state index is -0.00171. The highest BCUT2D eigenvalue weighted by Gasteiger charge is 2.18. The Morgan fingerprint density at radius 1 is 1.26 bits per heavy atom. The van der Waals surface area contributed by atoms with E-state index >= 15 is 0 Å². The van der Waals surface area contributed by atoms with Gasteiger partial charge in [-0.2, -0.15) is 0 Å². The second-order valence-corrected chi connectivity index (χ2v) is 6.13. The van der Waals surface area contributed by atoms with E-state index in [0.717, 1.165) is 16.5 Å². The number of furan rings is 1. The van der Waals surface area contributed by atoms with Crippen molar-refractivity contribution in [1.29, 1.82) is 0 Å². The monoisotopic (exact) mass is 308 g/mol. The minimum Gasteiger partial charge on any atom is -0.472 e. The fourth-order valence-electron chi connectivity index (χ4n) is 2.63. The topological polar surface area (TPSA) is 46.3 Å². The first-order valence-corrected chi connectivity index (χ1v) is 7.78. The van der Waals surface area contributed by atoms with Gasteiger partial charge >= 0.3 is 0 Å². The molecule has 118 valence electrons. The fraction of sp³-hybridized carbons (Fsp3) is 0.263. The van der Waals surface area contributed by atoms with Crippen LogP contribution < -0.4 is 0 Å². The highest BCUT2D eigenvalue weighted by Crippen LogP contribution is 2.16. The van der Waals surface area contributed by atoms with Gasteiger partial charge in [0, 0.05) is 30.2 Å². The molecule has 0 spiro atoms. The number of carbonyl (C=O) groups is 1. The minimum absolute atomic E-state index is 0.00171. The van der Waals surface area contributed by atoms with Crippen molar-refractivity contribution in [2.75, 3.05) is 6.54 Å². The molecule has 0 saturated carbocycles. The zero-order valence-electron chi connectivity index (χ0n) is 13.4. The Balaban J connectivity index is 1.88. The van der Waals surface area contributed by atoms with Gasteiger partial charge in [-0.15, -0.1) is 0 Å². The van der Waals surface area contributed by atoms with Crippen molar-refractivity contribution in [1.82, 2.24) is 9.88 Å². The van der Waals surface area contributed by atoms with Crippen molar-refractivity contribution in [3.63, 3.8) is 0 Å². The summed E-state index contributed by atoms with van der Waals surface area (Å²) >= 11 is 0. The number of hydrogen-bond donors (Lipinski definition) is 0. The van der Waals surface area contributed by atoms with Crippen molar-refractivity contribution in [3.8, 4) is 0 Å². The molecule has 0 aliphatic rings. The third kappa shape index (κ3) is 3.59. The molecule has 0 saturated heterocycles. The number of hydrogen-bond acceptors (Lipinski definition) is 3. The fourth-order valence-corrected chi connectivity index (χ4v) is 2.63. The molecule has 2 heterocycles. The molecule has 0 atom stereocenters. The first kappa shape index (κ1) is 15.3. The van der Waals surface area contributed by atoms with Crippen LogP contribution in [0.15, 0.2) is 59.5 Å². The number of pyridine rings is 1. The molecule has 0 bridgehead atoms. The predicted molar refractivity (Wildman–Crippen MR) is 90.0 cm³/mol. The Morgan fingerprint density at radius 3 is 2.83 bits per heavy atom. The van der Waals surface area contributed by atoms with Gasteiger partial charge < -0.3 is 9.32 Å². The van der Waals surface area contributed by atoms with Crippen LogP contribution in [0.2, 0.25) is 0 Å². The highest BCUT2D eigenvalue weighted by atomic mass is 16.3. The molecule has 4 heteroatoms. The van der Waals surface area contributed by atoms with Crippen LogP contribution in [0, 0.1) is 5.92 Å². The normalized spacial score (nSPS) is 11.1. The summed E-state index contributed by atoms with van der Waals surface area (Å²) in [5, 5.41) is 0.978. The maximum atomic E-state index is 12.9. The molecule has 0 unspecified atom stereocenters. The number of fused-ring (bicyclic) bond motifs is 1. The molecule has 0 aliphatic heterocycles. The lowest BCUT2D eigenvalue weighted by Gasteiger charge is -2.24. The van der Waals surface area contributed by atoms with E-state index in [1.807, 2.05) is 41.3 Å². The summed E-state index contributed by atoms with van der Waals surface area (Å²) in [6.45, 7) is 5.44. The Hall–Kier alpha value is -2.62. The molecule has 3 aromatic rings. The van der Waals surface area contributed by atoms with E-state index in [9.17, 15) is 4.79 Å². The number of amides is 1. The number of nitrogens with zero attached hydrogens (tertiary/aromatic N) is 2. The Morgan fingerprint density at radius 2 is 2.09 bits per heavy atom. The van der Waals surface area contributed by atoms with Crippen LogP contribution in [-0.2, 0) is 6.54 Å². The van der Waals surface area contributed by atoms with Crippen molar-refractivity contribution >= 4 is 16.8 Å². The van der Waals surface area contributed by atoms with Crippen LogP contribution in [0.4, 0.5) is 0 Å². The third-order valence-corrected chi connectivity index (χ3v) is 3.66. The van der Waals surface area contributed by atoms with Gasteiger partial charge in [-0.1, -0.05) is 32.0 Å². The van der Waals surface area contributed by atoms with E-state index in [1.54, 1.807) is 18.7 Å². The van der Waals surface area contributed by atoms with Crippen molar-refractivity contribution < 1.29 is 9.21 Å². The van der Waals surface area contributed by atoms with Gasteiger partial charge in [0.25, 0.3) is 5.91 Å². The van der Waals surface area contributed by atoms with Gasteiger partial charge in [-0.3, -0.25) is 9.78 Å². The van der Waals surface area contributed by atoms with Crippen LogP contribution >= 0.6 is 0 Å². The van der Waals surface area contributed by atoms with Crippen LogP contribution in [0.3, 0.4) is 0 Å². The van der Waals surface area contributed by atoms with E-state index in [4.69, 9.17) is 4.42 Å². The average Bonchev–Trinajstić information content (AvgIpc) is 3.06. The lowest BCUT2D eigenvalue weighted by molar-refractivity contribution is 0.0722. The SMILES string of the molecule is CC(C)CN(Cc1ccoc1)C(=O)c1cnc2ccccc2c1. The van der Waals surface area contributed by atoms with Gasteiger partial charge in [0.05, 0.1) is 23.6 Å². The summed E-state index contributed by atoms with van der Waals surface area (Å²) in [5.74, 6) is 0.386. The maximum absolute atomic E-state index is 12.9. The van der Waals surface area contributed by atoms with Gasteiger partial charge in [0.1, 0.15) is 0 Å². The van der Waals surface area contributed by atoms with Gasteiger partial charge in [-0.25, -0.2) is 0 Å². The zero-order valence-corrected chi connectivity index (χ0v) is 13.4. The number of rotatable bonds is 5. The molecule has 3 rings (SSSR count). The second-order valence-electron chi connectivity index (χ2n) is 6.13. The number of benzene rings is 1. The zero-order chi connectivity index (χ0) is 16.2. The molecule has 0 aliphatic carbocycles. The number of aromatic nitrogens is 1. The van der Waals surface area contributed by atoms with E-state index in [2.05, 4.69) is 18.8 Å². The molecule has 1 amide bonds. The third-order valence-electron chi connectivity index (χ3n) is 3.66. The molecule has 4 nitrogen and oxygen atoms in total. The second kappa shape index (κ2) is 6.65. The van der Waals surface area contributed by atoms with Gasteiger partial charge in [-0.05, 0) is 24.1 Å². The van der Waals surface area contributed by atoms with Crippen LogP contribution in [-0.4, -0.2) is 22.3 Å². The summed E-state index contributed by atoms with van der Waals surface area (Å²) < 4.78 is 5.11. The van der Waals surface area contributed by atoms with Crippen molar-refractivity contribution in [3.05, 3.63) is 66.2 Å². The number of carbonyl (C=O) groups excluding carboxylic acids is 1. The quantitative estimate of drug-likeness (QED) is 0.712. The summed E-state index contributed by atoms with van der Waals surface area (Å²) in [6.07, 6.45) is 4.97. The summed E-state index contributed by atoms with van der Waals surface area (Å²) in [5.41, 5.74) is 2.51.